The van der Waals surface area contributed by atoms with E-state index in [0.717, 1.165) is 12.2 Å². The average Bonchev–Trinajstić information content (AvgIpc) is 2.57. The Hall–Kier alpha value is -0.480. The third kappa shape index (κ3) is 2.68. The zero-order chi connectivity index (χ0) is 12.5. The molecule has 0 aromatic carbocycles. The maximum atomic E-state index is 4.40. The molecular formula is C13H23N3S. The van der Waals surface area contributed by atoms with Crippen LogP contribution in [0.2, 0.25) is 0 Å². The third-order valence-corrected chi connectivity index (χ3v) is 5.36. The van der Waals surface area contributed by atoms with Gasteiger partial charge in [0.05, 0.1) is 5.69 Å². The quantitative estimate of drug-likeness (QED) is 0.875. The van der Waals surface area contributed by atoms with Gasteiger partial charge in [0, 0.05) is 36.1 Å². The number of rotatable bonds is 5. The third-order valence-electron chi connectivity index (χ3n) is 3.95. The van der Waals surface area contributed by atoms with E-state index in [4.69, 9.17) is 0 Å². The molecule has 2 rings (SSSR count). The first-order chi connectivity index (χ1) is 8.06. The lowest BCUT2D eigenvalue weighted by Crippen LogP contribution is -2.44. The van der Waals surface area contributed by atoms with E-state index >= 15 is 0 Å². The molecule has 1 aliphatic carbocycles. The smallest absolute Gasteiger partial charge is 0.0641 e. The summed E-state index contributed by atoms with van der Waals surface area (Å²) in [5.41, 5.74) is 2.46. The molecular weight excluding hydrogens is 230 g/mol. The van der Waals surface area contributed by atoms with E-state index in [1.165, 1.54) is 24.8 Å². The highest BCUT2D eigenvalue weighted by Crippen LogP contribution is 2.42. The molecule has 3 nitrogen and oxygen atoms in total. The van der Waals surface area contributed by atoms with E-state index in [0.29, 0.717) is 10.8 Å². The Labute approximate surface area is 108 Å². The number of nitrogens with zero attached hydrogens (tertiary/aromatic N) is 2. The number of hydrogen-bond acceptors (Lipinski definition) is 3. The van der Waals surface area contributed by atoms with Gasteiger partial charge in [0.1, 0.15) is 0 Å². The SMILES string of the molecule is CSC1(CNC(C)c2cn(C)nc2C)CCC1. The van der Waals surface area contributed by atoms with E-state index in [1.807, 2.05) is 23.5 Å². The van der Waals surface area contributed by atoms with Gasteiger partial charge < -0.3 is 5.32 Å². The van der Waals surface area contributed by atoms with Crippen molar-refractivity contribution in [2.24, 2.45) is 7.05 Å². The lowest BCUT2D eigenvalue weighted by molar-refractivity contribution is 0.334. The molecule has 0 bridgehead atoms. The van der Waals surface area contributed by atoms with Gasteiger partial charge in [0.15, 0.2) is 0 Å². The monoisotopic (exact) mass is 253 g/mol. The molecule has 4 heteroatoms. The minimum absolute atomic E-state index is 0.397. The predicted molar refractivity (Wildman–Crippen MR) is 74.5 cm³/mol. The molecule has 0 amide bonds. The van der Waals surface area contributed by atoms with Crippen molar-refractivity contribution in [3.05, 3.63) is 17.5 Å². The van der Waals surface area contributed by atoms with E-state index in [2.05, 4.69) is 36.7 Å². The van der Waals surface area contributed by atoms with Gasteiger partial charge in [0.2, 0.25) is 0 Å². The van der Waals surface area contributed by atoms with Crippen LogP contribution < -0.4 is 5.32 Å². The molecule has 1 heterocycles. The van der Waals surface area contributed by atoms with Crippen LogP contribution in [0, 0.1) is 6.92 Å². The second-order valence-electron chi connectivity index (χ2n) is 5.19. The fourth-order valence-electron chi connectivity index (χ4n) is 2.52. The topological polar surface area (TPSA) is 29.9 Å². The standard InChI is InChI=1S/C13H23N3S/c1-10(12-8-16(3)15-11(12)2)14-9-13(17-4)6-5-7-13/h8,10,14H,5-7,9H2,1-4H3. The van der Waals surface area contributed by atoms with E-state index < -0.39 is 0 Å². The molecule has 96 valence electrons. The van der Waals surface area contributed by atoms with Gasteiger partial charge in [-0.25, -0.2) is 0 Å². The summed E-state index contributed by atoms with van der Waals surface area (Å²) in [5.74, 6) is 0. The Balaban J connectivity index is 1.93. The van der Waals surface area contributed by atoms with Crippen LogP contribution in [-0.2, 0) is 7.05 Å². The minimum Gasteiger partial charge on any atom is -0.309 e. The molecule has 1 aromatic rings. The van der Waals surface area contributed by atoms with Crippen molar-refractivity contribution in [1.82, 2.24) is 15.1 Å². The van der Waals surface area contributed by atoms with E-state index in [-0.39, 0.29) is 0 Å². The van der Waals surface area contributed by atoms with Crippen LogP contribution in [0.15, 0.2) is 6.20 Å². The molecule has 1 unspecified atom stereocenters. The highest BCUT2D eigenvalue weighted by Gasteiger charge is 2.36. The van der Waals surface area contributed by atoms with Gasteiger partial charge in [-0.05, 0) is 32.9 Å². The van der Waals surface area contributed by atoms with Gasteiger partial charge in [-0.1, -0.05) is 6.42 Å². The maximum Gasteiger partial charge on any atom is 0.0641 e. The zero-order valence-electron chi connectivity index (χ0n) is 11.3. The summed E-state index contributed by atoms with van der Waals surface area (Å²) in [6.45, 7) is 5.43. The maximum absolute atomic E-state index is 4.40. The van der Waals surface area contributed by atoms with Crippen LogP contribution >= 0.6 is 11.8 Å². The average molecular weight is 253 g/mol. The summed E-state index contributed by atoms with van der Waals surface area (Å²) >= 11 is 2.02. The number of aromatic nitrogens is 2. The second kappa shape index (κ2) is 5.02. The highest BCUT2D eigenvalue weighted by molar-refractivity contribution is 8.00. The molecule has 17 heavy (non-hydrogen) atoms. The van der Waals surface area contributed by atoms with Crippen LogP contribution in [0.1, 0.15) is 43.5 Å². The summed E-state index contributed by atoms with van der Waals surface area (Å²) in [5, 5.41) is 8.07. The van der Waals surface area contributed by atoms with Crippen molar-refractivity contribution < 1.29 is 0 Å². The van der Waals surface area contributed by atoms with Gasteiger partial charge in [-0.15, -0.1) is 0 Å². The Kier molecular flexibility index (Phi) is 3.83. The van der Waals surface area contributed by atoms with Crippen LogP contribution in [-0.4, -0.2) is 27.3 Å². The predicted octanol–water partition coefficient (Wildman–Crippen LogP) is 2.66. The lowest BCUT2D eigenvalue weighted by Gasteiger charge is -2.41. The molecule has 1 fully saturated rings. The summed E-state index contributed by atoms with van der Waals surface area (Å²) in [6, 6.07) is 0.397. The Morgan fingerprint density at radius 3 is 2.71 bits per heavy atom. The van der Waals surface area contributed by atoms with Gasteiger partial charge >= 0.3 is 0 Å². The van der Waals surface area contributed by atoms with Crippen molar-refractivity contribution >= 4 is 11.8 Å². The highest BCUT2D eigenvalue weighted by atomic mass is 32.2. The number of thioether (sulfide) groups is 1. The molecule has 0 spiro atoms. The fraction of sp³-hybridized carbons (Fsp3) is 0.769. The lowest BCUT2D eigenvalue weighted by atomic mass is 9.84. The van der Waals surface area contributed by atoms with Crippen molar-refractivity contribution in [3.63, 3.8) is 0 Å². The van der Waals surface area contributed by atoms with Gasteiger partial charge in [-0.3, -0.25) is 4.68 Å². The molecule has 1 atom stereocenters. The van der Waals surface area contributed by atoms with Crippen molar-refractivity contribution in [2.75, 3.05) is 12.8 Å². The van der Waals surface area contributed by atoms with Crippen molar-refractivity contribution in [2.45, 2.75) is 43.9 Å². The first kappa shape index (κ1) is 13.0. The van der Waals surface area contributed by atoms with Crippen LogP contribution in [0.4, 0.5) is 0 Å². The number of nitrogens with one attached hydrogen (secondary N) is 1. The Bertz CT molecular complexity index is 377. The minimum atomic E-state index is 0.397. The summed E-state index contributed by atoms with van der Waals surface area (Å²) < 4.78 is 2.40. The molecule has 1 aliphatic rings. The van der Waals surface area contributed by atoms with Crippen molar-refractivity contribution in [3.8, 4) is 0 Å². The van der Waals surface area contributed by atoms with Gasteiger partial charge in [-0.2, -0.15) is 16.9 Å². The van der Waals surface area contributed by atoms with Crippen LogP contribution in [0.25, 0.3) is 0 Å². The van der Waals surface area contributed by atoms with Crippen LogP contribution in [0.5, 0.6) is 0 Å². The zero-order valence-corrected chi connectivity index (χ0v) is 12.1. The molecule has 1 saturated carbocycles. The van der Waals surface area contributed by atoms with Crippen molar-refractivity contribution in [1.29, 1.82) is 0 Å². The largest absolute Gasteiger partial charge is 0.309 e. The summed E-state index contributed by atoms with van der Waals surface area (Å²) in [7, 11) is 1.98. The summed E-state index contributed by atoms with van der Waals surface area (Å²) in [6.07, 6.45) is 8.48. The fourth-order valence-corrected chi connectivity index (χ4v) is 3.44. The molecule has 0 radical (unpaired) electrons. The van der Waals surface area contributed by atoms with E-state index in [1.54, 1.807) is 0 Å². The Morgan fingerprint density at radius 2 is 2.29 bits per heavy atom. The number of hydrogen-bond donors (Lipinski definition) is 1. The normalized spacial score (nSPS) is 20.0. The number of aryl methyl sites for hydroxylation is 2. The first-order valence-corrected chi connectivity index (χ1v) is 7.57. The molecule has 0 aliphatic heterocycles. The molecule has 0 saturated heterocycles. The second-order valence-corrected chi connectivity index (χ2v) is 6.46. The van der Waals surface area contributed by atoms with Crippen LogP contribution in [0.3, 0.4) is 0 Å². The Morgan fingerprint density at radius 1 is 1.59 bits per heavy atom. The van der Waals surface area contributed by atoms with Gasteiger partial charge in [0.25, 0.3) is 0 Å². The molecule has 1 aromatic heterocycles. The van der Waals surface area contributed by atoms with E-state index in [9.17, 15) is 0 Å². The molecule has 1 N–H and O–H groups in total. The first-order valence-electron chi connectivity index (χ1n) is 6.35. The summed E-state index contributed by atoms with van der Waals surface area (Å²) in [4.78, 5) is 0.